The molecule has 0 heterocycles. The first-order chi connectivity index (χ1) is 12.5. The molecule has 0 spiro atoms. The van der Waals surface area contributed by atoms with E-state index in [9.17, 15) is 0 Å². The van der Waals surface area contributed by atoms with Crippen LogP contribution >= 0.6 is 0 Å². The quantitative estimate of drug-likeness (QED) is 0.322. The lowest BCUT2D eigenvalue weighted by Gasteiger charge is -2.26. The zero-order valence-corrected chi connectivity index (χ0v) is 19.0. The van der Waals surface area contributed by atoms with Gasteiger partial charge >= 0.3 is 0 Å². The van der Waals surface area contributed by atoms with E-state index >= 15 is 0 Å². The van der Waals surface area contributed by atoms with E-state index in [1.165, 1.54) is 36.0 Å². The summed E-state index contributed by atoms with van der Waals surface area (Å²) in [5.74, 6) is 0. The van der Waals surface area contributed by atoms with Crippen LogP contribution in [0.15, 0.2) is 18.2 Å². The van der Waals surface area contributed by atoms with Crippen molar-refractivity contribution in [1.82, 2.24) is 0 Å². The van der Waals surface area contributed by atoms with Crippen molar-refractivity contribution < 1.29 is 4.74 Å². The van der Waals surface area contributed by atoms with Crippen LogP contribution in [0.25, 0.3) is 0 Å². The fourth-order valence-corrected chi connectivity index (χ4v) is 3.24. The zero-order chi connectivity index (χ0) is 20.5. The van der Waals surface area contributed by atoms with E-state index in [2.05, 4.69) is 59.7 Å². The van der Waals surface area contributed by atoms with Crippen LogP contribution in [0.4, 0.5) is 0 Å². The highest BCUT2D eigenvalue weighted by atomic mass is 16.5. The maximum Gasteiger partial charge on any atom is 0.0462 e. The second-order valence-electron chi connectivity index (χ2n) is 10.0. The van der Waals surface area contributed by atoms with Gasteiger partial charge in [0.25, 0.3) is 0 Å². The molecule has 1 N–H and O–H groups in total. The average molecular weight is 374 g/mol. The first kappa shape index (κ1) is 23.9. The van der Waals surface area contributed by atoms with Crippen molar-refractivity contribution in [2.75, 3.05) is 13.7 Å². The molecule has 154 valence electrons. The number of ether oxygens (including phenoxy) is 1. The number of benzene rings is 1. The van der Waals surface area contributed by atoms with Crippen LogP contribution in [-0.2, 0) is 22.0 Å². The van der Waals surface area contributed by atoms with Crippen molar-refractivity contribution >= 4 is 5.71 Å². The Morgan fingerprint density at radius 1 is 0.778 bits per heavy atom. The number of methoxy groups -OCH3 is 1. The van der Waals surface area contributed by atoms with Crippen LogP contribution in [0.3, 0.4) is 0 Å². The first-order valence-corrected chi connectivity index (χ1v) is 10.7. The molecule has 0 aromatic heterocycles. The highest BCUT2D eigenvalue weighted by Gasteiger charge is 2.20. The molecule has 0 aliphatic heterocycles. The van der Waals surface area contributed by atoms with Gasteiger partial charge in [-0.15, -0.1) is 0 Å². The smallest absolute Gasteiger partial charge is 0.0462 e. The van der Waals surface area contributed by atoms with E-state index in [1.54, 1.807) is 7.11 Å². The Hall–Kier alpha value is -1.15. The van der Waals surface area contributed by atoms with Gasteiger partial charge in [0, 0.05) is 19.4 Å². The monoisotopic (exact) mass is 373 g/mol. The fraction of sp³-hybridized carbons (Fsp3) is 0.720. The molecule has 2 heteroatoms. The molecule has 0 saturated carbocycles. The van der Waals surface area contributed by atoms with Crippen LogP contribution in [0.1, 0.15) is 103 Å². The molecule has 1 aromatic carbocycles. The highest BCUT2D eigenvalue weighted by Crippen LogP contribution is 2.30. The topological polar surface area (TPSA) is 33.1 Å². The van der Waals surface area contributed by atoms with Gasteiger partial charge in [0.05, 0.1) is 0 Å². The summed E-state index contributed by atoms with van der Waals surface area (Å²) >= 11 is 0. The largest absolute Gasteiger partial charge is 0.385 e. The summed E-state index contributed by atoms with van der Waals surface area (Å²) in [4.78, 5) is 0. The molecule has 0 radical (unpaired) electrons. The van der Waals surface area contributed by atoms with E-state index in [1.807, 2.05) is 0 Å². The van der Waals surface area contributed by atoms with Gasteiger partial charge in [-0.2, -0.15) is 0 Å². The summed E-state index contributed by atoms with van der Waals surface area (Å²) < 4.78 is 5.09. The molecular formula is C25H43NO. The van der Waals surface area contributed by atoms with Gasteiger partial charge < -0.3 is 10.1 Å². The number of unbranched alkanes of at least 4 members (excludes halogenated alkanes) is 4. The molecule has 0 fully saturated rings. The Bertz CT molecular complexity index is 543. The summed E-state index contributed by atoms with van der Waals surface area (Å²) in [6.07, 6.45) is 8.89. The molecule has 0 bridgehead atoms. The Morgan fingerprint density at radius 2 is 1.30 bits per heavy atom. The predicted molar refractivity (Wildman–Crippen MR) is 119 cm³/mol. The summed E-state index contributed by atoms with van der Waals surface area (Å²) in [7, 11) is 1.77. The zero-order valence-electron chi connectivity index (χ0n) is 19.0. The first-order valence-electron chi connectivity index (χ1n) is 10.7. The van der Waals surface area contributed by atoms with Gasteiger partial charge in [-0.3, -0.25) is 0 Å². The maximum atomic E-state index is 8.32. The minimum absolute atomic E-state index is 0.159. The third-order valence-electron chi connectivity index (χ3n) is 5.27. The minimum Gasteiger partial charge on any atom is -0.385 e. The second-order valence-corrected chi connectivity index (χ2v) is 10.0. The number of aryl methyl sites for hydroxylation is 1. The Kier molecular flexibility index (Phi) is 9.73. The maximum absolute atomic E-state index is 8.32. The van der Waals surface area contributed by atoms with Crippen molar-refractivity contribution in [2.24, 2.45) is 0 Å². The molecule has 27 heavy (non-hydrogen) atoms. The van der Waals surface area contributed by atoms with Crippen LogP contribution in [0.5, 0.6) is 0 Å². The SMILES string of the molecule is COCCCCCCCC(=N)CCc1cc(C(C)(C)C)cc(C(C)(C)C)c1. The lowest BCUT2D eigenvalue weighted by atomic mass is 9.79. The van der Waals surface area contributed by atoms with Crippen LogP contribution in [-0.4, -0.2) is 19.4 Å². The van der Waals surface area contributed by atoms with Gasteiger partial charge in [-0.1, -0.05) is 79.0 Å². The molecule has 0 aliphatic rings. The Morgan fingerprint density at radius 3 is 1.81 bits per heavy atom. The lowest BCUT2D eigenvalue weighted by molar-refractivity contribution is 0.192. The summed E-state index contributed by atoms with van der Waals surface area (Å²) in [6, 6.07) is 7.09. The van der Waals surface area contributed by atoms with E-state index in [4.69, 9.17) is 10.1 Å². The van der Waals surface area contributed by atoms with Gasteiger partial charge in [-0.05, 0) is 59.6 Å². The second kappa shape index (κ2) is 11.0. The molecule has 0 atom stereocenters. The van der Waals surface area contributed by atoms with E-state index < -0.39 is 0 Å². The van der Waals surface area contributed by atoms with Crippen LogP contribution < -0.4 is 0 Å². The molecule has 0 aliphatic carbocycles. The van der Waals surface area contributed by atoms with Crippen molar-refractivity contribution in [3.05, 3.63) is 34.9 Å². The van der Waals surface area contributed by atoms with Crippen LogP contribution in [0, 0.1) is 5.41 Å². The van der Waals surface area contributed by atoms with E-state index in [0.717, 1.165) is 44.4 Å². The highest BCUT2D eigenvalue weighted by molar-refractivity contribution is 5.81. The van der Waals surface area contributed by atoms with Gasteiger partial charge in [-0.25, -0.2) is 0 Å². The van der Waals surface area contributed by atoms with E-state index in [0.29, 0.717) is 0 Å². The predicted octanol–water partition coefficient (Wildman–Crippen LogP) is 7.22. The number of hydrogen-bond donors (Lipinski definition) is 1. The molecule has 0 unspecified atom stereocenters. The van der Waals surface area contributed by atoms with Crippen molar-refractivity contribution in [2.45, 2.75) is 104 Å². The third-order valence-corrected chi connectivity index (χ3v) is 5.27. The number of rotatable bonds is 11. The lowest BCUT2D eigenvalue weighted by Crippen LogP contribution is -2.17. The minimum atomic E-state index is 0.159. The van der Waals surface area contributed by atoms with Crippen LogP contribution in [0.2, 0.25) is 0 Å². The fourth-order valence-electron chi connectivity index (χ4n) is 3.24. The average Bonchev–Trinajstić information content (AvgIpc) is 2.57. The van der Waals surface area contributed by atoms with Crippen molar-refractivity contribution in [3.63, 3.8) is 0 Å². The van der Waals surface area contributed by atoms with Gasteiger partial charge in [0.15, 0.2) is 0 Å². The molecule has 0 amide bonds. The standard InChI is InChI=1S/C25H43NO/c1-24(2,3)21-17-20(18-22(19-21)25(4,5)6)14-15-23(26)13-11-9-8-10-12-16-27-7/h17-19,26H,8-16H2,1-7H3. The summed E-state index contributed by atoms with van der Waals surface area (Å²) in [6.45, 7) is 14.6. The molecule has 2 nitrogen and oxygen atoms in total. The van der Waals surface area contributed by atoms with Crippen molar-refractivity contribution in [1.29, 1.82) is 5.41 Å². The molecule has 1 rings (SSSR count). The molecule has 1 aromatic rings. The summed E-state index contributed by atoms with van der Waals surface area (Å²) in [5.41, 5.74) is 5.43. The van der Waals surface area contributed by atoms with Crippen molar-refractivity contribution in [3.8, 4) is 0 Å². The third kappa shape index (κ3) is 9.55. The van der Waals surface area contributed by atoms with Gasteiger partial charge in [0.1, 0.15) is 0 Å². The normalized spacial score (nSPS) is 12.4. The Balaban J connectivity index is 2.54. The summed E-state index contributed by atoms with van der Waals surface area (Å²) in [5, 5.41) is 8.32. The van der Waals surface area contributed by atoms with E-state index in [-0.39, 0.29) is 10.8 Å². The molecular weight excluding hydrogens is 330 g/mol. The number of hydrogen-bond acceptors (Lipinski definition) is 2. The molecule has 0 saturated heterocycles. The number of nitrogens with one attached hydrogen (secondary N) is 1. The van der Waals surface area contributed by atoms with Gasteiger partial charge in [0.2, 0.25) is 0 Å². The Labute approximate surface area is 168 Å².